The first-order valence-corrected chi connectivity index (χ1v) is 13.1. The van der Waals surface area contributed by atoms with Gasteiger partial charge in [0.15, 0.2) is 0 Å². The van der Waals surface area contributed by atoms with E-state index >= 15 is 0 Å². The Morgan fingerprint density at radius 2 is 0.714 bits per heavy atom. The van der Waals surface area contributed by atoms with Crippen molar-refractivity contribution < 1.29 is 10.2 Å². The minimum absolute atomic E-state index is 0.112. The van der Waals surface area contributed by atoms with Crippen molar-refractivity contribution in [2.45, 2.75) is 161 Å². The van der Waals surface area contributed by atoms with Crippen LogP contribution in [-0.4, -0.2) is 22.9 Å². The molecule has 0 amide bonds. The molecule has 0 aliphatic rings. The van der Waals surface area contributed by atoms with Gasteiger partial charge >= 0.3 is 0 Å². The molecule has 2 nitrogen and oxygen atoms in total. The summed E-state index contributed by atoms with van der Waals surface area (Å²) < 4.78 is 0. The fraction of sp³-hybridized carbons (Fsp3) is 1.00. The van der Waals surface area contributed by atoms with Crippen molar-refractivity contribution in [1.29, 1.82) is 0 Å². The summed E-state index contributed by atoms with van der Waals surface area (Å²) >= 11 is 0. The molecule has 0 saturated carbocycles. The number of hydrogen-bond acceptors (Lipinski definition) is 2. The molecule has 0 aromatic rings. The lowest BCUT2D eigenvalue weighted by atomic mass is 10.0. The van der Waals surface area contributed by atoms with Crippen LogP contribution in [0.15, 0.2) is 0 Å². The fourth-order valence-electron chi connectivity index (χ4n) is 4.11. The third kappa shape index (κ3) is 24.0. The van der Waals surface area contributed by atoms with Crippen LogP contribution in [0.3, 0.4) is 0 Å². The van der Waals surface area contributed by atoms with Gasteiger partial charge in [0.25, 0.3) is 0 Å². The van der Waals surface area contributed by atoms with Gasteiger partial charge in [-0.1, -0.05) is 142 Å². The summed E-state index contributed by atoms with van der Waals surface area (Å²) in [6.07, 6.45) is 30.6. The van der Waals surface area contributed by atoms with Crippen molar-refractivity contribution in [3.8, 4) is 0 Å². The minimum Gasteiger partial charge on any atom is -0.396 e. The monoisotopic (exact) mass is 398 g/mol. The molecular weight excluding hydrogens is 344 g/mol. The van der Waals surface area contributed by atoms with E-state index in [0.717, 1.165) is 12.8 Å². The average molecular weight is 399 g/mol. The Labute approximate surface area is 177 Å². The van der Waals surface area contributed by atoms with Gasteiger partial charge in [0.1, 0.15) is 0 Å². The molecule has 28 heavy (non-hydrogen) atoms. The van der Waals surface area contributed by atoms with E-state index in [4.69, 9.17) is 5.11 Å². The third-order valence-electron chi connectivity index (χ3n) is 6.10. The average Bonchev–Trinajstić information content (AvgIpc) is 2.69. The number of aliphatic hydroxyl groups excluding tert-OH is 2. The minimum atomic E-state index is -0.287. The van der Waals surface area contributed by atoms with E-state index in [1.165, 1.54) is 128 Å². The predicted octanol–water partition coefficient (Wildman–Crippen LogP) is 8.33. The number of rotatable bonds is 24. The first-order valence-electron chi connectivity index (χ1n) is 13.1. The molecule has 0 aromatic heterocycles. The lowest BCUT2D eigenvalue weighted by Gasteiger charge is -2.08. The van der Waals surface area contributed by atoms with Crippen LogP contribution < -0.4 is 0 Å². The summed E-state index contributed by atoms with van der Waals surface area (Å²) in [5.41, 5.74) is 0. The van der Waals surface area contributed by atoms with Crippen LogP contribution in [0.4, 0.5) is 0 Å². The van der Waals surface area contributed by atoms with Crippen LogP contribution >= 0.6 is 0 Å². The molecular formula is C26H54O2. The Kier molecular flexibility index (Phi) is 24.9. The highest BCUT2D eigenvalue weighted by atomic mass is 16.3. The van der Waals surface area contributed by atoms with Gasteiger partial charge in [-0.3, -0.25) is 0 Å². The molecule has 0 radical (unpaired) electrons. The zero-order chi connectivity index (χ0) is 20.5. The van der Waals surface area contributed by atoms with E-state index in [1.807, 2.05) is 0 Å². The van der Waals surface area contributed by atoms with E-state index in [1.54, 1.807) is 0 Å². The van der Waals surface area contributed by atoms with Gasteiger partial charge in [-0.25, -0.2) is 0 Å². The molecule has 0 saturated heterocycles. The first-order chi connectivity index (χ1) is 13.8. The number of hydrogen-bond donors (Lipinski definition) is 2. The lowest BCUT2D eigenvalue weighted by Crippen LogP contribution is -2.08. The normalized spacial score (nSPS) is 12.5. The number of aliphatic hydroxyl groups is 2. The van der Waals surface area contributed by atoms with E-state index < -0.39 is 0 Å². The van der Waals surface area contributed by atoms with Gasteiger partial charge in [-0.15, -0.1) is 0 Å². The molecule has 2 N–H and O–H groups in total. The Morgan fingerprint density at radius 3 is 1.00 bits per heavy atom. The summed E-state index contributed by atoms with van der Waals surface area (Å²) in [7, 11) is 0. The lowest BCUT2D eigenvalue weighted by molar-refractivity contribution is 0.122. The summed E-state index contributed by atoms with van der Waals surface area (Å²) in [6.45, 7) is 2.40. The van der Waals surface area contributed by atoms with E-state index in [-0.39, 0.29) is 12.7 Å². The van der Waals surface area contributed by atoms with Gasteiger partial charge in [0.2, 0.25) is 0 Å². The molecule has 0 bridgehead atoms. The van der Waals surface area contributed by atoms with Crippen LogP contribution in [0.5, 0.6) is 0 Å². The van der Waals surface area contributed by atoms with Crippen LogP contribution in [0.1, 0.15) is 155 Å². The topological polar surface area (TPSA) is 40.5 Å². The third-order valence-corrected chi connectivity index (χ3v) is 6.10. The molecule has 0 aliphatic carbocycles. The fourth-order valence-corrected chi connectivity index (χ4v) is 4.11. The van der Waals surface area contributed by atoms with Crippen LogP contribution in [-0.2, 0) is 0 Å². The first kappa shape index (κ1) is 27.9. The molecule has 0 heterocycles. The van der Waals surface area contributed by atoms with E-state index in [0.29, 0.717) is 6.42 Å². The maximum absolute atomic E-state index is 9.55. The van der Waals surface area contributed by atoms with E-state index in [9.17, 15) is 5.11 Å². The Bertz CT molecular complexity index is 267. The quantitative estimate of drug-likeness (QED) is 0.160. The second-order valence-corrected chi connectivity index (χ2v) is 9.03. The zero-order valence-corrected chi connectivity index (χ0v) is 19.4. The summed E-state index contributed by atoms with van der Waals surface area (Å²) in [5.74, 6) is 0. The summed E-state index contributed by atoms with van der Waals surface area (Å²) in [5, 5.41) is 18.3. The molecule has 0 rings (SSSR count). The Balaban J connectivity index is 3.01. The van der Waals surface area contributed by atoms with Gasteiger partial charge < -0.3 is 10.2 Å². The summed E-state index contributed by atoms with van der Waals surface area (Å²) in [4.78, 5) is 0. The predicted molar refractivity (Wildman–Crippen MR) is 125 cm³/mol. The Morgan fingerprint density at radius 1 is 0.429 bits per heavy atom. The smallest absolute Gasteiger partial charge is 0.0562 e. The maximum atomic E-state index is 9.55. The zero-order valence-electron chi connectivity index (χ0n) is 19.4. The highest BCUT2D eigenvalue weighted by Crippen LogP contribution is 2.15. The van der Waals surface area contributed by atoms with Crippen molar-refractivity contribution >= 4 is 0 Å². The molecule has 1 unspecified atom stereocenters. The van der Waals surface area contributed by atoms with E-state index in [2.05, 4.69) is 6.92 Å². The molecule has 0 spiro atoms. The molecule has 0 aromatic carbocycles. The molecule has 2 heteroatoms. The highest BCUT2D eigenvalue weighted by molar-refractivity contribution is 4.56. The molecule has 1 atom stereocenters. The largest absolute Gasteiger partial charge is 0.396 e. The molecule has 0 aliphatic heterocycles. The van der Waals surface area contributed by atoms with Gasteiger partial charge in [-0.05, 0) is 12.8 Å². The highest BCUT2D eigenvalue weighted by Gasteiger charge is 2.02. The standard InChI is InChI=1S/C26H54O2/c1-2-3-4-5-6-7-8-9-10-11-12-13-14-15-16-17-18-19-20-21-22-23-26(28)24-25-27/h26-28H,2-25H2,1H3. The van der Waals surface area contributed by atoms with Crippen LogP contribution in [0.25, 0.3) is 0 Å². The van der Waals surface area contributed by atoms with Crippen LogP contribution in [0.2, 0.25) is 0 Å². The molecule has 170 valence electrons. The second-order valence-electron chi connectivity index (χ2n) is 9.03. The molecule has 0 fully saturated rings. The Hall–Kier alpha value is -0.0800. The SMILES string of the molecule is CCCCCCCCCCCCCCCCCCCCCCCC(O)CCO. The van der Waals surface area contributed by atoms with Crippen molar-refractivity contribution in [3.05, 3.63) is 0 Å². The van der Waals surface area contributed by atoms with Crippen LogP contribution in [0, 0.1) is 0 Å². The van der Waals surface area contributed by atoms with Gasteiger partial charge in [-0.2, -0.15) is 0 Å². The second kappa shape index (κ2) is 25.0. The van der Waals surface area contributed by atoms with Crippen molar-refractivity contribution in [3.63, 3.8) is 0 Å². The van der Waals surface area contributed by atoms with Gasteiger partial charge in [0.05, 0.1) is 6.10 Å². The van der Waals surface area contributed by atoms with Gasteiger partial charge in [0, 0.05) is 6.61 Å². The van der Waals surface area contributed by atoms with Crippen molar-refractivity contribution in [2.24, 2.45) is 0 Å². The summed E-state index contributed by atoms with van der Waals surface area (Å²) in [6, 6.07) is 0. The number of unbranched alkanes of at least 4 members (excludes halogenated alkanes) is 20. The van der Waals surface area contributed by atoms with Crippen molar-refractivity contribution in [2.75, 3.05) is 6.61 Å². The maximum Gasteiger partial charge on any atom is 0.0562 e. The van der Waals surface area contributed by atoms with Crippen molar-refractivity contribution in [1.82, 2.24) is 0 Å².